The Hall–Kier alpha value is -2.36. The van der Waals surface area contributed by atoms with Crippen LogP contribution >= 0.6 is 0 Å². The van der Waals surface area contributed by atoms with E-state index in [9.17, 15) is 0 Å². The van der Waals surface area contributed by atoms with Gasteiger partial charge in [-0.2, -0.15) is 0 Å². The summed E-state index contributed by atoms with van der Waals surface area (Å²) < 4.78 is 2.05. The summed E-state index contributed by atoms with van der Waals surface area (Å²) in [6.45, 7) is 0. The Balaban J connectivity index is 2.01. The maximum Gasteiger partial charge on any atom is 0.227 e. The van der Waals surface area contributed by atoms with Crippen molar-refractivity contribution in [3.63, 3.8) is 0 Å². The maximum absolute atomic E-state index is 4.13. The van der Waals surface area contributed by atoms with E-state index in [-0.39, 0.29) is 0 Å². The molecule has 0 saturated carbocycles. The third-order valence-corrected chi connectivity index (χ3v) is 2.38. The van der Waals surface area contributed by atoms with Crippen LogP contribution < -0.4 is 5.32 Å². The van der Waals surface area contributed by atoms with Crippen LogP contribution in [0.15, 0.2) is 55.1 Å². The van der Waals surface area contributed by atoms with Gasteiger partial charge in [0.1, 0.15) is 0 Å². The number of rotatable bonds is 2. The van der Waals surface area contributed by atoms with Crippen molar-refractivity contribution in [3.8, 4) is 0 Å². The minimum atomic E-state index is 0.611. The number of nitrogens with zero attached hydrogens (tertiary/aromatic N) is 3. The molecule has 78 valence electrons. The summed E-state index contributed by atoms with van der Waals surface area (Å²) in [5.74, 6) is 0.611. The van der Waals surface area contributed by atoms with Gasteiger partial charge in [-0.25, -0.2) is 9.97 Å². The van der Waals surface area contributed by atoms with Gasteiger partial charge in [0, 0.05) is 24.8 Å². The Morgan fingerprint density at radius 2 is 1.81 bits per heavy atom. The summed E-state index contributed by atoms with van der Waals surface area (Å²) in [5, 5.41) is 3.18. The van der Waals surface area contributed by atoms with Gasteiger partial charge in [0.15, 0.2) is 0 Å². The van der Waals surface area contributed by atoms with Crippen molar-refractivity contribution >= 4 is 17.2 Å². The Kier molecular flexibility index (Phi) is 2.04. The van der Waals surface area contributed by atoms with E-state index in [0.29, 0.717) is 5.95 Å². The lowest BCUT2D eigenvalue weighted by atomic mass is 10.3. The van der Waals surface area contributed by atoms with Gasteiger partial charge in [-0.3, -0.25) is 0 Å². The van der Waals surface area contributed by atoms with Crippen molar-refractivity contribution in [2.45, 2.75) is 0 Å². The van der Waals surface area contributed by atoms with Crippen molar-refractivity contribution in [1.29, 1.82) is 0 Å². The fraction of sp³-hybridized carbons (Fsp3) is 0. The zero-order chi connectivity index (χ0) is 10.8. The van der Waals surface area contributed by atoms with Gasteiger partial charge in [0.2, 0.25) is 5.95 Å². The lowest BCUT2D eigenvalue weighted by molar-refractivity contribution is 1.17. The lowest BCUT2D eigenvalue weighted by Crippen LogP contribution is -1.95. The minimum Gasteiger partial charge on any atom is -0.322 e. The Labute approximate surface area is 92.6 Å². The minimum absolute atomic E-state index is 0.611. The van der Waals surface area contributed by atoms with Gasteiger partial charge in [0.25, 0.3) is 0 Å². The van der Waals surface area contributed by atoms with Crippen LogP contribution in [-0.2, 0) is 0 Å². The Bertz CT molecular complexity index is 600. The molecule has 16 heavy (non-hydrogen) atoms. The van der Waals surface area contributed by atoms with Gasteiger partial charge < -0.3 is 9.72 Å². The van der Waals surface area contributed by atoms with Crippen LogP contribution in [0.1, 0.15) is 0 Å². The standard InChI is InChI=1S/C12H10N4/c1-2-8-16-9-5-10(11(16)4-1)15-12-13-6-3-7-14-12/h1-9H,(H,13,14,15). The third kappa shape index (κ3) is 1.50. The van der Waals surface area contributed by atoms with Crippen LogP contribution in [0.4, 0.5) is 11.6 Å². The van der Waals surface area contributed by atoms with Crippen LogP contribution in [0, 0.1) is 0 Å². The molecule has 0 aliphatic carbocycles. The molecule has 3 heterocycles. The molecule has 4 heteroatoms. The number of nitrogens with one attached hydrogen (secondary N) is 1. The number of fused-ring (bicyclic) bond motifs is 1. The monoisotopic (exact) mass is 210 g/mol. The fourth-order valence-corrected chi connectivity index (χ4v) is 1.64. The Morgan fingerprint density at radius 1 is 0.938 bits per heavy atom. The smallest absolute Gasteiger partial charge is 0.227 e. The number of hydrogen-bond donors (Lipinski definition) is 1. The number of aromatic nitrogens is 3. The van der Waals surface area contributed by atoms with E-state index < -0.39 is 0 Å². The van der Waals surface area contributed by atoms with Gasteiger partial charge >= 0.3 is 0 Å². The van der Waals surface area contributed by atoms with Crippen LogP contribution in [0.2, 0.25) is 0 Å². The lowest BCUT2D eigenvalue weighted by Gasteiger charge is -2.02. The highest BCUT2D eigenvalue weighted by Crippen LogP contribution is 2.20. The van der Waals surface area contributed by atoms with Crippen molar-refractivity contribution in [2.24, 2.45) is 0 Å². The first kappa shape index (κ1) is 8.91. The number of anilines is 2. The van der Waals surface area contributed by atoms with Gasteiger partial charge in [-0.05, 0) is 24.3 Å². The molecular weight excluding hydrogens is 200 g/mol. The molecule has 1 N–H and O–H groups in total. The SMILES string of the molecule is c1cnc(Nc2ccn3ccccc23)nc1. The van der Waals surface area contributed by atoms with Gasteiger partial charge in [-0.15, -0.1) is 0 Å². The summed E-state index contributed by atoms with van der Waals surface area (Å²) in [4.78, 5) is 8.26. The zero-order valence-corrected chi connectivity index (χ0v) is 8.54. The predicted molar refractivity (Wildman–Crippen MR) is 62.7 cm³/mol. The van der Waals surface area contributed by atoms with Crippen LogP contribution in [0.5, 0.6) is 0 Å². The van der Waals surface area contributed by atoms with Crippen LogP contribution in [-0.4, -0.2) is 14.4 Å². The average molecular weight is 210 g/mol. The fourth-order valence-electron chi connectivity index (χ4n) is 1.64. The summed E-state index contributed by atoms with van der Waals surface area (Å²) in [5.41, 5.74) is 2.11. The van der Waals surface area contributed by atoms with E-state index in [2.05, 4.69) is 15.3 Å². The van der Waals surface area contributed by atoms with E-state index >= 15 is 0 Å². The summed E-state index contributed by atoms with van der Waals surface area (Å²) in [7, 11) is 0. The molecule has 3 aromatic rings. The average Bonchev–Trinajstić information content (AvgIpc) is 2.74. The second-order valence-corrected chi connectivity index (χ2v) is 3.42. The van der Waals surface area contributed by atoms with Crippen molar-refractivity contribution in [2.75, 3.05) is 5.32 Å². The Morgan fingerprint density at radius 3 is 2.69 bits per heavy atom. The molecule has 0 aliphatic heterocycles. The molecule has 3 rings (SSSR count). The molecule has 4 nitrogen and oxygen atoms in total. The molecule has 3 aromatic heterocycles. The van der Waals surface area contributed by atoms with E-state index in [1.54, 1.807) is 18.5 Å². The highest BCUT2D eigenvalue weighted by Gasteiger charge is 2.02. The molecule has 0 atom stereocenters. The van der Waals surface area contributed by atoms with Crippen molar-refractivity contribution in [1.82, 2.24) is 14.4 Å². The predicted octanol–water partition coefficient (Wildman–Crippen LogP) is 2.47. The first-order chi connectivity index (χ1) is 7.93. The molecule has 0 amide bonds. The second kappa shape index (κ2) is 3.66. The quantitative estimate of drug-likeness (QED) is 0.706. The molecule has 0 fully saturated rings. The van der Waals surface area contributed by atoms with E-state index in [0.717, 1.165) is 11.2 Å². The first-order valence-electron chi connectivity index (χ1n) is 5.03. The highest BCUT2D eigenvalue weighted by molar-refractivity contribution is 5.75. The zero-order valence-electron chi connectivity index (χ0n) is 8.54. The topological polar surface area (TPSA) is 42.2 Å². The van der Waals surface area contributed by atoms with E-state index in [1.165, 1.54) is 0 Å². The summed E-state index contributed by atoms with van der Waals surface area (Å²) in [6.07, 6.45) is 7.44. The molecule has 0 bridgehead atoms. The van der Waals surface area contributed by atoms with Gasteiger partial charge in [0.05, 0.1) is 11.2 Å². The molecular formula is C12H10N4. The first-order valence-corrected chi connectivity index (χ1v) is 5.03. The van der Waals surface area contributed by atoms with E-state index in [4.69, 9.17) is 0 Å². The van der Waals surface area contributed by atoms with Gasteiger partial charge in [-0.1, -0.05) is 6.07 Å². The second-order valence-electron chi connectivity index (χ2n) is 3.42. The molecule has 0 radical (unpaired) electrons. The molecule has 0 unspecified atom stereocenters. The normalized spacial score (nSPS) is 10.5. The number of hydrogen-bond acceptors (Lipinski definition) is 3. The number of pyridine rings is 1. The van der Waals surface area contributed by atoms with E-state index in [1.807, 2.05) is 41.1 Å². The third-order valence-electron chi connectivity index (χ3n) is 2.38. The molecule has 0 aromatic carbocycles. The van der Waals surface area contributed by atoms with Crippen LogP contribution in [0.25, 0.3) is 5.52 Å². The summed E-state index contributed by atoms with van der Waals surface area (Å²) >= 11 is 0. The maximum atomic E-state index is 4.13. The summed E-state index contributed by atoms with van der Waals surface area (Å²) in [6, 6.07) is 9.85. The van der Waals surface area contributed by atoms with Crippen molar-refractivity contribution < 1.29 is 0 Å². The van der Waals surface area contributed by atoms with Crippen LogP contribution in [0.3, 0.4) is 0 Å². The molecule has 0 saturated heterocycles. The molecule has 0 spiro atoms. The largest absolute Gasteiger partial charge is 0.322 e. The van der Waals surface area contributed by atoms with Crippen molar-refractivity contribution in [3.05, 3.63) is 55.1 Å². The molecule has 0 aliphatic rings. The highest BCUT2D eigenvalue weighted by atomic mass is 15.1.